The number of unbranched alkanes of at least 4 members (excludes halogenated alkanes) is 19. The van der Waals surface area contributed by atoms with E-state index in [1.165, 1.54) is 89.9 Å². The first-order valence-corrected chi connectivity index (χ1v) is 21.7. The van der Waals surface area contributed by atoms with Gasteiger partial charge in [-0.15, -0.1) is 0 Å². The molecule has 50 heavy (non-hydrogen) atoms. The van der Waals surface area contributed by atoms with Crippen molar-refractivity contribution >= 4 is 13.8 Å². The maximum Gasteiger partial charge on any atom is 0.306 e. The Hall–Kier alpha value is -1.44. The molecule has 0 saturated carbocycles. The quantitative estimate of drug-likeness (QED) is 0.0157. The van der Waals surface area contributed by atoms with Crippen LogP contribution in [0, 0.1) is 0 Å². The van der Waals surface area contributed by atoms with E-state index in [0.717, 1.165) is 57.8 Å². The van der Waals surface area contributed by atoms with Gasteiger partial charge in [0.15, 0.2) is 6.10 Å². The van der Waals surface area contributed by atoms with Gasteiger partial charge in [-0.05, 0) is 51.0 Å². The third-order valence-corrected chi connectivity index (χ3v) is 9.47. The summed E-state index contributed by atoms with van der Waals surface area (Å²) in [6.45, 7) is 4.67. The molecule has 0 amide bonds. The highest BCUT2D eigenvalue weighted by atomic mass is 31.2. The van der Waals surface area contributed by atoms with Crippen LogP contribution in [-0.4, -0.2) is 64.1 Å². The smallest absolute Gasteiger partial charge is 0.306 e. The molecule has 0 saturated heterocycles. The zero-order valence-electron chi connectivity index (χ0n) is 33.1. The van der Waals surface area contributed by atoms with Crippen molar-refractivity contribution in [1.82, 2.24) is 0 Å². The highest BCUT2D eigenvalue weighted by Gasteiger charge is 2.20. The molecular formula is C41H78NO7P. The van der Waals surface area contributed by atoms with E-state index < -0.39 is 13.9 Å². The van der Waals surface area contributed by atoms with Crippen molar-refractivity contribution in [2.75, 3.05) is 47.5 Å². The molecule has 0 fully saturated rings. The Morgan fingerprint density at radius 1 is 0.640 bits per heavy atom. The topological polar surface area (TPSA) is 94.1 Å². The van der Waals surface area contributed by atoms with Crippen molar-refractivity contribution < 1.29 is 37.3 Å². The number of ether oxygens (including phenoxy) is 2. The molecule has 0 aliphatic rings. The van der Waals surface area contributed by atoms with Gasteiger partial charge in [-0.2, -0.15) is 0 Å². The summed E-state index contributed by atoms with van der Waals surface area (Å²) in [6, 6.07) is 0. The van der Waals surface area contributed by atoms with Crippen LogP contribution in [0.5, 0.6) is 0 Å². The fourth-order valence-electron chi connectivity index (χ4n) is 5.29. The molecule has 0 aromatic heterocycles. The lowest BCUT2D eigenvalue weighted by Crippen LogP contribution is -2.37. The third-order valence-electron chi connectivity index (χ3n) is 8.51. The Bertz CT molecular complexity index is 900. The minimum absolute atomic E-state index is 0.0137. The Morgan fingerprint density at radius 2 is 1.14 bits per heavy atom. The summed E-state index contributed by atoms with van der Waals surface area (Å²) in [5, 5.41) is 0. The first kappa shape index (κ1) is 48.6. The first-order valence-electron chi connectivity index (χ1n) is 20.3. The van der Waals surface area contributed by atoms with Crippen LogP contribution in [0.15, 0.2) is 36.6 Å². The maximum atomic E-state index is 12.6. The molecular weight excluding hydrogens is 649 g/mol. The Balaban J connectivity index is 4.36. The van der Waals surface area contributed by atoms with Gasteiger partial charge in [-0.25, -0.2) is 0 Å². The number of allylic oxidation sites excluding steroid dienone is 5. The molecule has 1 unspecified atom stereocenters. The van der Waals surface area contributed by atoms with Crippen molar-refractivity contribution in [3.05, 3.63) is 36.6 Å². The van der Waals surface area contributed by atoms with E-state index in [1.807, 2.05) is 27.2 Å². The van der Waals surface area contributed by atoms with E-state index in [-0.39, 0.29) is 32.2 Å². The van der Waals surface area contributed by atoms with Gasteiger partial charge in [0.25, 0.3) is 7.82 Å². The number of rotatable bonds is 37. The fourth-order valence-corrected chi connectivity index (χ4v) is 6.02. The van der Waals surface area contributed by atoms with Crippen LogP contribution < -0.4 is 4.89 Å². The van der Waals surface area contributed by atoms with Crippen molar-refractivity contribution in [2.45, 2.75) is 174 Å². The summed E-state index contributed by atoms with van der Waals surface area (Å²) in [4.78, 5) is 24.9. The first-order chi connectivity index (χ1) is 24.1. The number of phosphoric ester groups is 1. The second kappa shape index (κ2) is 34.6. The number of nitrogens with zero attached hydrogens (tertiary/aromatic N) is 1. The van der Waals surface area contributed by atoms with Crippen molar-refractivity contribution in [3.63, 3.8) is 0 Å². The van der Waals surface area contributed by atoms with Crippen LogP contribution in [0.1, 0.15) is 168 Å². The molecule has 294 valence electrons. The van der Waals surface area contributed by atoms with Gasteiger partial charge in [-0.1, -0.05) is 141 Å². The molecule has 0 heterocycles. The summed E-state index contributed by atoms with van der Waals surface area (Å²) in [5.74, 6) is -0.371. The molecule has 0 radical (unpaired) electrons. The number of phosphoric acid groups is 1. The number of hydrogen-bond acceptors (Lipinski definition) is 7. The molecule has 8 nitrogen and oxygen atoms in total. The van der Waals surface area contributed by atoms with Gasteiger partial charge in [0.2, 0.25) is 0 Å². The van der Waals surface area contributed by atoms with Crippen LogP contribution in [0.2, 0.25) is 0 Å². The number of carbonyl (C=O) groups excluding carboxylic acids is 1. The predicted octanol–water partition coefficient (Wildman–Crippen LogP) is 11.2. The van der Waals surface area contributed by atoms with Gasteiger partial charge < -0.3 is 27.9 Å². The highest BCUT2D eigenvalue weighted by Crippen LogP contribution is 2.38. The average molecular weight is 728 g/mol. The summed E-state index contributed by atoms with van der Waals surface area (Å²) in [7, 11) is 1.31. The normalized spacial score (nSPS) is 14.2. The lowest BCUT2D eigenvalue weighted by Gasteiger charge is -2.28. The van der Waals surface area contributed by atoms with Crippen LogP contribution in [0.4, 0.5) is 0 Å². The minimum Gasteiger partial charge on any atom is -0.756 e. The number of quaternary nitrogens is 1. The predicted molar refractivity (Wildman–Crippen MR) is 208 cm³/mol. The largest absolute Gasteiger partial charge is 0.756 e. The van der Waals surface area contributed by atoms with Crippen molar-refractivity contribution in [3.8, 4) is 0 Å². The van der Waals surface area contributed by atoms with Gasteiger partial charge >= 0.3 is 5.97 Å². The van der Waals surface area contributed by atoms with Crippen LogP contribution in [0.3, 0.4) is 0 Å². The molecule has 9 heteroatoms. The standard InChI is InChI=1S/C41H78NO7P/c1-6-8-10-12-14-16-18-20-22-24-26-28-30-32-34-41(43)49-40(39-48-50(44,45)47-37-35-42(3,4)5)38-46-36-33-31-29-27-25-23-21-19-17-15-13-11-9-7-2/h12,14,18,20,33,36,40H,6-11,13,15-17,19,21-32,34-35,37-39H2,1-5H3/b14-12-,20-18-,36-33-/t40-/m1/s1. The maximum absolute atomic E-state index is 12.6. The van der Waals surface area contributed by atoms with Gasteiger partial charge in [-0.3, -0.25) is 9.36 Å². The fraction of sp³-hybridized carbons (Fsp3) is 0.829. The average Bonchev–Trinajstić information content (AvgIpc) is 3.06. The second-order valence-electron chi connectivity index (χ2n) is 14.7. The van der Waals surface area contributed by atoms with Crippen LogP contribution in [-0.2, 0) is 27.9 Å². The van der Waals surface area contributed by atoms with E-state index >= 15 is 0 Å². The molecule has 0 aromatic rings. The van der Waals surface area contributed by atoms with E-state index in [9.17, 15) is 14.3 Å². The lowest BCUT2D eigenvalue weighted by atomic mass is 10.0. The van der Waals surface area contributed by atoms with E-state index in [0.29, 0.717) is 11.0 Å². The Kier molecular flexibility index (Phi) is 33.6. The zero-order valence-corrected chi connectivity index (χ0v) is 34.0. The Labute approximate surface area is 308 Å². The molecule has 0 bridgehead atoms. The molecule has 0 aromatic carbocycles. The number of hydrogen-bond donors (Lipinski definition) is 0. The molecule has 2 atom stereocenters. The summed E-state index contributed by atoms with van der Waals surface area (Å²) < 4.78 is 34.2. The molecule has 0 aliphatic carbocycles. The Morgan fingerprint density at radius 3 is 1.70 bits per heavy atom. The van der Waals surface area contributed by atoms with E-state index in [1.54, 1.807) is 6.26 Å². The minimum atomic E-state index is -4.54. The lowest BCUT2D eigenvalue weighted by molar-refractivity contribution is -0.870. The highest BCUT2D eigenvalue weighted by molar-refractivity contribution is 7.45. The van der Waals surface area contributed by atoms with Gasteiger partial charge in [0.05, 0.1) is 34.0 Å². The summed E-state index contributed by atoms with van der Waals surface area (Å²) in [5.41, 5.74) is 0. The monoisotopic (exact) mass is 728 g/mol. The van der Waals surface area contributed by atoms with Crippen molar-refractivity contribution in [2.24, 2.45) is 0 Å². The van der Waals surface area contributed by atoms with Crippen LogP contribution >= 0.6 is 7.82 Å². The summed E-state index contributed by atoms with van der Waals surface area (Å²) in [6.07, 6.45) is 39.5. The molecule has 0 N–H and O–H groups in total. The number of likely N-dealkylation sites (N-methyl/N-ethyl adjacent to an activating group) is 1. The van der Waals surface area contributed by atoms with Crippen LogP contribution in [0.25, 0.3) is 0 Å². The molecule has 0 rings (SSSR count). The van der Waals surface area contributed by atoms with Crippen molar-refractivity contribution in [1.29, 1.82) is 0 Å². The third kappa shape index (κ3) is 37.8. The van der Waals surface area contributed by atoms with Gasteiger partial charge in [0.1, 0.15) is 19.8 Å². The SMILES string of the molecule is CCCC/C=C\C/C=C\CCCCCCCC(=O)O[C@H](CO/C=C\CCCCCCCCCCCCCC)COP(=O)([O-])OCC[N+](C)(C)C. The van der Waals surface area contributed by atoms with Gasteiger partial charge in [0, 0.05) is 6.42 Å². The number of carbonyl (C=O) groups is 1. The number of esters is 1. The zero-order chi connectivity index (χ0) is 37.0. The molecule has 0 spiro atoms. The summed E-state index contributed by atoms with van der Waals surface area (Å²) >= 11 is 0. The van der Waals surface area contributed by atoms with E-state index in [4.69, 9.17) is 18.5 Å². The van der Waals surface area contributed by atoms with E-state index in [2.05, 4.69) is 38.2 Å². The second-order valence-corrected chi connectivity index (χ2v) is 16.1. The molecule has 0 aliphatic heterocycles.